The lowest BCUT2D eigenvalue weighted by atomic mass is 9.97. The molecule has 0 atom stereocenters. The molecule has 1 amide bonds. The van der Waals surface area contributed by atoms with Gasteiger partial charge in [-0.25, -0.2) is 13.4 Å². The predicted molar refractivity (Wildman–Crippen MR) is 115 cm³/mol. The van der Waals surface area contributed by atoms with Crippen molar-refractivity contribution in [1.82, 2.24) is 14.6 Å². The van der Waals surface area contributed by atoms with Crippen molar-refractivity contribution in [3.05, 3.63) is 48.2 Å². The number of nitrogens with zero attached hydrogens (tertiary/aromatic N) is 3. The van der Waals surface area contributed by atoms with Crippen molar-refractivity contribution in [3.8, 4) is 5.75 Å². The second-order valence-electron chi connectivity index (χ2n) is 7.84. The smallest absolute Gasteiger partial charge is 0.406 e. The van der Waals surface area contributed by atoms with Gasteiger partial charge in [0.1, 0.15) is 11.6 Å². The maximum Gasteiger partial charge on any atom is 0.573 e. The Labute approximate surface area is 190 Å². The molecule has 1 aliphatic rings. The zero-order valence-corrected chi connectivity index (χ0v) is 19.0. The van der Waals surface area contributed by atoms with Gasteiger partial charge in [0, 0.05) is 51.9 Å². The number of hydrogen-bond acceptors (Lipinski definition) is 6. The first-order valence-corrected chi connectivity index (χ1v) is 11.7. The van der Waals surface area contributed by atoms with Crippen LogP contribution in [0.4, 0.5) is 19.0 Å². The summed E-state index contributed by atoms with van der Waals surface area (Å²) in [5, 5.41) is 2.87. The van der Waals surface area contributed by atoms with Crippen molar-refractivity contribution in [2.45, 2.75) is 30.6 Å². The molecule has 3 rings (SSSR count). The molecule has 1 aliphatic heterocycles. The molecule has 33 heavy (non-hydrogen) atoms. The summed E-state index contributed by atoms with van der Waals surface area (Å²) < 4.78 is 68.0. The van der Waals surface area contributed by atoms with Crippen LogP contribution in [0.2, 0.25) is 0 Å². The number of nitrogens with one attached hydrogen (secondary N) is 1. The summed E-state index contributed by atoms with van der Waals surface area (Å²) in [5.41, 5.74) is 0.892. The lowest BCUT2D eigenvalue weighted by molar-refractivity contribution is -0.274. The topological polar surface area (TPSA) is 91.8 Å². The number of alkyl halides is 3. The largest absolute Gasteiger partial charge is 0.573 e. The molecule has 2 aromatic rings. The van der Waals surface area contributed by atoms with Crippen molar-refractivity contribution in [2.75, 3.05) is 32.1 Å². The number of piperidine rings is 1. The zero-order chi connectivity index (χ0) is 24.2. The number of halogens is 3. The maximum atomic E-state index is 12.9. The van der Waals surface area contributed by atoms with E-state index in [1.807, 2.05) is 25.1 Å². The second kappa shape index (κ2) is 9.96. The average Bonchev–Trinajstić information content (AvgIpc) is 2.76. The van der Waals surface area contributed by atoms with Crippen LogP contribution in [0.25, 0.3) is 0 Å². The first kappa shape index (κ1) is 24.8. The van der Waals surface area contributed by atoms with Gasteiger partial charge in [-0.15, -0.1) is 13.2 Å². The summed E-state index contributed by atoms with van der Waals surface area (Å²) in [5.74, 6) is -0.362. The zero-order valence-electron chi connectivity index (χ0n) is 18.2. The number of benzene rings is 1. The molecule has 2 heterocycles. The number of pyridine rings is 1. The summed E-state index contributed by atoms with van der Waals surface area (Å²) in [6, 6.07) is 7.96. The molecule has 1 fully saturated rings. The molecule has 1 aromatic heterocycles. The Bertz CT molecular complexity index is 1080. The molecular weight excluding hydrogens is 461 g/mol. The van der Waals surface area contributed by atoms with Gasteiger partial charge in [0.05, 0.1) is 4.90 Å². The normalized spacial score (nSPS) is 15.8. The van der Waals surface area contributed by atoms with Crippen LogP contribution >= 0.6 is 0 Å². The van der Waals surface area contributed by atoms with Crippen LogP contribution in [0.3, 0.4) is 0 Å². The third-order valence-corrected chi connectivity index (χ3v) is 7.13. The van der Waals surface area contributed by atoms with Crippen LogP contribution in [0.1, 0.15) is 18.4 Å². The Morgan fingerprint density at radius 3 is 2.55 bits per heavy atom. The van der Waals surface area contributed by atoms with Gasteiger partial charge in [-0.05, 0) is 42.7 Å². The number of rotatable bonds is 7. The standard InChI is InChI=1S/C21H25F3N4O4S/c1-27(2)19-12-15(6-9-25-19)14-26-20(29)16-7-10-28(11-8-16)33(30,31)18-5-3-4-17(13-18)32-21(22,23)24/h3-6,9,12-13,16H,7-8,10-11,14H2,1-2H3,(H,26,29). The van der Waals surface area contributed by atoms with E-state index in [1.54, 1.807) is 12.3 Å². The first-order chi connectivity index (χ1) is 15.5. The Morgan fingerprint density at radius 2 is 1.91 bits per heavy atom. The lowest BCUT2D eigenvalue weighted by Gasteiger charge is -2.30. The van der Waals surface area contributed by atoms with E-state index in [9.17, 15) is 26.4 Å². The van der Waals surface area contributed by atoms with E-state index >= 15 is 0 Å². The molecule has 12 heteroatoms. The molecule has 0 radical (unpaired) electrons. The van der Waals surface area contributed by atoms with Gasteiger partial charge >= 0.3 is 6.36 Å². The van der Waals surface area contributed by atoms with E-state index in [1.165, 1.54) is 16.4 Å². The number of carbonyl (C=O) groups is 1. The Balaban J connectivity index is 1.57. The van der Waals surface area contributed by atoms with Crippen molar-refractivity contribution < 1.29 is 31.1 Å². The number of carbonyl (C=O) groups excluding carboxylic acids is 1. The third-order valence-electron chi connectivity index (χ3n) is 5.24. The minimum Gasteiger partial charge on any atom is -0.406 e. The van der Waals surface area contributed by atoms with Gasteiger partial charge in [0.25, 0.3) is 0 Å². The van der Waals surface area contributed by atoms with E-state index in [0.29, 0.717) is 19.4 Å². The predicted octanol–water partition coefficient (Wildman–Crippen LogP) is 2.76. The molecule has 1 N–H and O–H groups in total. The van der Waals surface area contributed by atoms with E-state index < -0.39 is 22.1 Å². The number of amides is 1. The Kier molecular flexibility index (Phi) is 7.48. The molecular formula is C21H25F3N4O4S. The molecule has 0 spiro atoms. The molecule has 0 saturated carbocycles. The lowest BCUT2D eigenvalue weighted by Crippen LogP contribution is -2.42. The van der Waals surface area contributed by atoms with E-state index in [0.717, 1.165) is 23.5 Å². The quantitative estimate of drug-likeness (QED) is 0.647. The number of ether oxygens (including phenoxy) is 1. The number of aromatic nitrogens is 1. The fourth-order valence-corrected chi connectivity index (χ4v) is 4.99. The van der Waals surface area contributed by atoms with E-state index in [2.05, 4.69) is 15.0 Å². The molecule has 1 aromatic carbocycles. The van der Waals surface area contributed by atoms with Gasteiger partial charge in [0.15, 0.2) is 0 Å². The first-order valence-electron chi connectivity index (χ1n) is 10.2. The molecule has 0 aliphatic carbocycles. The molecule has 0 unspecified atom stereocenters. The SMILES string of the molecule is CN(C)c1cc(CNC(=O)C2CCN(S(=O)(=O)c3cccc(OC(F)(F)F)c3)CC2)ccn1. The highest BCUT2D eigenvalue weighted by atomic mass is 32.2. The summed E-state index contributed by atoms with van der Waals surface area (Å²) in [7, 11) is -0.280. The van der Waals surface area contributed by atoms with Crippen LogP contribution in [-0.2, 0) is 21.4 Å². The summed E-state index contributed by atoms with van der Waals surface area (Å²) in [6.45, 7) is 0.502. The van der Waals surface area contributed by atoms with Crippen molar-refractivity contribution in [3.63, 3.8) is 0 Å². The van der Waals surface area contributed by atoms with Crippen LogP contribution in [0.15, 0.2) is 47.5 Å². The van der Waals surface area contributed by atoms with Crippen LogP contribution in [0, 0.1) is 5.92 Å². The summed E-state index contributed by atoms with van der Waals surface area (Å²) in [6.07, 6.45) is -2.64. The Morgan fingerprint density at radius 1 is 1.21 bits per heavy atom. The highest BCUT2D eigenvalue weighted by Gasteiger charge is 2.34. The molecule has 8 nitrogen and oxygen atoms in total. The number of hydrogen-bond donors (Lipinski definition) is 1. The summed E-state index contributed by atoms with van der Waals surface area (Å²) >= 11 is 0. The second-order valence-corrected chi connectivity index (χ2v) is 9.77. The Hall–Kier alpha value is -2.86. The third kappa shape index (κ3) is 6.57. The van der Waals surface area contributed by atoms with Crippen molar-refractivity contribution >= 4 is 21.7 Å². The summed E-state index contributed by atoms with van der Waals surface area (Å²) in [4.78, 5) is 18.4. The number of anilines is 1. The molecule has 180 valence electrons. The highest BCUT2D eigenvalue weighted by Crippen LogP contribution is 2.28. The minimum absolute atomic E-state index is 0.0881. The van der Waals surface area contributed by atoms with Crippen LogP contribution < -0.4 is 15.0 Å². The average molecular weight is 487 g/mol. The monoisotopic (exact) mass is 486 g/mol. The minimum atomic E-state index is -4.92. The van der Waals surface area contributed by atoms with Gasteiger partial charge < -0.3 is 15.0 Å². The van der Waals surface area contributed by atoms with E-state index in [4.69, 9.17) is 0 Å². The highest BCUT2D eigenvalue weighted by molar-refractivity contribution is 7.89. The van der Waals surface area contributed by atoms with E-state index in [-0.39, 0.29) is 29.8 Å². The molecule has 0 bridgehead atoms. The van der Waals surface area contributed by atoms with Gasteiger partial charge in [0.2, 0.25) is 15.9 Å². The maximum absolute atomic E-state index is 12.9. The fourth-order valence-electron chi connectivity index (χ4n) is 3.49. The number of sulfonamides is 1. The van der Waals surface area contributed by atoms with Gasteiger partial charge in [-0.3, -0.25) is 4.79 Å². The molecule has 1 saturated heterocycles. The van der Waals surface area contributed by atoms with Crippen molar-refractivity contribution in [1.29, 1.82) is 0 Å². The van der Waals surface area contributed by atoms with Crippen molar-refractivity contribution in [2.24, 2.45) is 5.92 Å². The fraction of sp³-hybridized carbons (Fsp3) is 0.429. The van der Waals surface area contributed by atoms with Crippen LogP contribution in [-0.4, -0.2) is 57.2 Å². The van der Waals surface area contributed by atoms with Crippen LogP contribution in [0.5, 0.6) is 5.75 Å². The van der Waals surface area contributed by atoms with Gasteiger partial charge in [-0.1, -0.05) is 6.07 Å². The van der Waals surface area contributed by atoms with Gasteiger partial charge in [-0.2, -0.15) is 4.31 Å².